The van der Waals surface area contributed by atoms with Crippen molar-refractivity contribution >= 4 is 11.6 Å². The largest absolute Gasteiger partial charge is 0.256 e. The van der Waals surface area contributed by atoms with Crippen LogP contribution in [0.2, 0.25) is 5.02 Å². The monoisotopic (exact) mass is 301 g/mol. The van der Waals surface area contributed by atoms with Gasteiger partial charge >= 0.3 is 0 Å². The molecule has 0 amide bonds. The van der Waals surface area contributed by atoms with Crippen LogP contribution >= 0.6 is 11.6 Å². The van der Waals surface area contributed by atoms with Gasteiger partial charge in [-0.05, 0) is 61.1 Å². The zero-order valence-electron chi connectivity index (χ0n) is 13.0. The summed E-state index contributed by atoms with van der Waals surface area (Å²) in [7, 11) is 0. The maximum Gasteiger partial charge on any atom is 0.0707 e. The molecule has 0 spiro atoms. The Morgan fingerprint density at radius 3 is 2.05 bits per heavy atom. The molecule has 1 heterocycles. The standard InChI is InChI=1S/C19H24ClN/c1-3-5-9-15-13-17(20)14-16(10-6-4-2)19(15)18-11-7-8-12-21-18/h7-8,11-14H,3-6,9-10H2,1-2H3. The molecule has 21 heavy (non-hydrogen) atoms. The Balaban J connectivity index is 2.49. The highest BCUT2D eigenvalue weighted by Crippen LogP contribution is 2.31. The summed E-state index contributed by atoms with van der Waals surface area (Å²) in [5.74, 6) is 0. The van der Waals surface area contributed by atoms with Gasteiger partial charge < -0.3 is 0 Å². The van der Waals surface area contributed by atoms with Crippen molar-refractivity contribution in [1.29, 1.82) is 0 Å². The predicted molar refractivity (Wildman–Crippen MR) is 91.9 cm³/mol. The van der Waals surface area contributed by atoms with Gasteiger partial charge in [-0.15, -0.1) is 0 Å². The molecule has 0 bridgehead atoms. The SMILES string of the molecule is CCCCc1cc(Cl)cc(CCCC)c1-c1ccccn1. The first-order valence-electron chi connectivity index (χ1n) is 7.99. The minimum absolute atomic E-state index is 0.854. The van der Waals surface area contributed by atoms with Crippen molar-refractivity contribution in [2.75, 3.05) is 0 Å². The summed E-state index contributed by atoms with van der Waals surface area (Å²) in [6.45, 7) is 4.45. The highest BCUT2D eigenvalue weighted by molar-refractivity contribution is 6.30. The van der Waals surface area contributed by atoms with Gasteiger partial charge in [0.1, 0.15) is 0 Å². The fourth-order valence-electron chi connectivity index (χ4n) is 2.69. The zero-order valence-corrected chi connectivity index (χ0v) is 13.8. The molecular weight excluding hydrogens is 278 g/mol. The maximum atomic E-state index is 6.35. The summed E-state index contributed by atoms with van der Waals surface area (Å²) >= 11 is 6.35. The molecule has 2 heteroatoms. The molecule has 2 rings (SSSR count). The number of rotatable bonds is 7. The van der Waals surface area contributed by atoms with E-state index < -0.39 is 0 Å². The number of nitrogens with zero attached hydrogens (tertiary/aromatic N) is 1. The molecule has 0 aliphatic carbocycles. The van der Waals surface area contributed by atoms with E-state index in [-0.39, 0.29) is 0 Å². The Labute approximate surface area is 133 Å². The summed E-state index contributed by atoms with van der Waals surface area (Å²) in [5, 5.41) is 0.854. The van der Waals surface area contributed by atoms with Crippen LogP contribution < -0.4 is 0 Å². The third kappa shape index (κ3) is 4.31. The second-order valence-electron chi connectivity index (χ2n) is 5.52. The van der Waals surface area contributed by atoms with Crippen LogP contribution in [-0.2, 0) is 12.8 Å². The van der Waals surface area contributed by atoms with Gasteiger partial charge in [0.2, 0.25) is 0 Å². The van der Waals surface area contributed by atoms with Crippen molar-refractivity contribution in [3.05, 3.63) is 52.7 Å². The third-order valence-corrected chi connectivity index (χ3v) is 4.01. The molecule has 1 aromatic heterocycles. The van der Waals surface area contributed by atoms with Gasteiger partial charge in [-0.25, -0.2) is 0 Å². The fraction of sp³-hybridized carbons (Fsp3) is 0.421. The van der Waals surface area contributed by atoms with Crippen LogP contribution in [0.25, 0.3) is 11.3 Å². The van der Waals surface area contributed by atoms with Crippen LogP contribution in [0.4, 0.5) is 0 Å². The van der Waals surface area contributed by atoms with Crippen molar-refractivity contribution in [2.45, 2.75) is 52.4 Å². The van der Waals surface area contributed by atoms with Crippen molar-refractivity contribution in [2.24, 2.45) is 0 Å². The number of aromatic nitrogens is 1. The van der Waals surface area contributed by atoms with Crippen molar-refractivity contribution in [1.82, 2.24) is 4.98 Å². The van der Waals surface area contributed by atoms with E-state index in [1.54, 1.807) is 0 Å². The average Bonchev–Trinajstić information content (AvgIpc) is 2.51. The van der Waals surface area contributed by atoms with Crippen LogP contribution in [0, 0.1) is 0 Å². The fourth-order valence-corrected chi connectivity index (χ4v) is 2.96. The van der Waals surface area contributed by atoms with Gasteiger partial charge in [0, 0.05) is 16.8 Å². The number of unbranched alkanes of at least 4 members (excludes halogenated alkanes) is 2. The maximum absolute atomic E-state index is 6.35. The highest BCUT2D eigenvalue weighted by Gasteiger charge is 2.13. The molecule has 0 N–H and O–H groups in total. The molecule has 0 aliphatic heterocycles. The van der Waals surface area contributed by atoms with E-state index in [4.69, 9.17) is 11.6 Å². The normalized spacial score (nSPS) is 10.8. The number of hydrogen-bond donors (Lipinski definition) is 0. The second-order valence-corrected chi connectivity index (χ2v) is 5.96. The smallest absolute Gasteiger partial charge is 0.0707 e. The Morgan fingerprint density at radius 1 is 0.952 bits per heavy atom. The Hall–Kier alpha value is -1.34. The van der Waals surface area contributed by atoms with E-state index in [1.807, 2.05) is 12.3 Å². The minimum atomic E-state index is 0.854. The van der Waals surface area contributed by atoms with E-state index in [0.29, 0.717) is 0 Å². The van der Waals surface area contributed by atoms with Crippen LogP contribution in [0.5, 0.6) is 0 Å². The van der Waals surface area contributed by atoms with Gasteiger partial charge in [0.05, 0.1) is 5.69 Å². The number of halogens is 1. The Morgan fingerprint density at radius 2 is 1.57 bits per heavy atom. The predicted octanol–water partition coefficient (Wildman–Crippen LogP) is 6.09. The van der Waals surface area contributed by atoms with Crippen molar-refractivity contribution < 1.29 is 0 Å². The van der Waals surface area contributed by atoms with Gasteiger partial charge in [-0.3, -0.25) is 4.98 Å². The Bertz CT molecular complexity index is 534. The molecular formula is C19H24ClN. The van der Waals surface area contributed by atoms with Crippen LogP contribution in [-0.4, -0.2) is 4.98 Å². The average molecular weight is 302 g/mol. The zero-order chi connectivity index (χ0) is 15.1. The molecule has 0 aliphatic rings. The lowest BCUT2D eigenvalue weighted by atomic mass is 9.92. The molecule has 0 unspecified atom stereocenters. The molecule has 2 aromatic rings. The van der Waals surface area contributed by atoms with Gasteiger partial charge in [0.25, 0.3) is 0 Å². The molecule has 0 radical (unpaired) electrons. The molecule has 0 saturated carbocycles. The number of hydrogen-bond acceptors (Lipinski definition) is 1. The van der Waals surface area contributed by atoms with Gasteiger partial charge in [0.15, 0.2) is 0 Å². The summed E-state index contributed by atoms with van der Waals surface area (Å²) in [5.41, 5.74) is 5.07. The van der Waals surface area contributed by atoms with Crippen molar-refractivity contribution in [3.63, 3.8) is 0 Å². The number of aryl methyl sites for hydroxylation is 2. The first-order valence-corrected chi connectivity index (χ1v) is 8.36. The minimum Gasteiger partial charge on any atom is -0.256 e. The first-order chi connectivity index (χ1) is 10.3. The van der Waals surface area contributed by atoms with E-state index in [1.165, 1.54) is 42.4 Å². The second kappa shape index (κ2) is 8.19. The molecule has 1 aromatic carbocycles. The molecule has 0 atom stereocenters. The quantitative estimate of drug-likeness (QED) is 0.603. The summed E-state index contributed by atoms with van der Waals surface area (Å²) < 4.78 is 0. The van der Waals surface area contributed by atoms with Crippen molar-refractivity contribution in [3.8, 4) is 11.3 Å². The lowest BCUT2D eigenvalue weighted by Crippen LogP contribution is -1.99. The van der Waals surface area contributed by atoms with Crippen LogP contribution in [0.15, 0.2) is 36.5 Å². The van der Waals surface area contributed by atoms with E-state index >= 15 is 0 Å². The van der Waals surface area contributed by atoms with E-state index in [2.05, 4.69) is 43.1 Å². The van der Waals surface area contributed by atoms with E-state index in [0.717, 1.165) is 23.6 Å². The Kier molecular flexibility index (Phi) is 6.25. The summed E-state index contributed by atoms with van der Waals surface area (Å²) in [4.78, 5) is 4.57. The summed E-state index contributed by atoms with van der Waals surface area (Å²) in [6, 6.07) is 10.4. The van der Waals surface area contributed by atoms with Crippen LogP contribution in [0.3, 0.4) is 0 Å². The summed E-state index contributed by atoms with van der Waals surface area (Å²) in [6.07, 6.45) is 8.78. The molecule has 1 nitrogen and oxygen atoms in total. The first kappa shape index (κ1) is 16.0. The van der Waals surface area contributed by atoms with E-state index in [9.17, 15) is 0 Å². The lowest BCUT2D eigenvalue weighted by Gasteiger charge is -2.15. The van der Waals surface area contributed by atoms with Crippen LogP contribution in [0.1, 0.15) is 50.7 Å². The molecule has 0 fully saturated rings. The highest BCUT2D eigenvalue weighted by atomic mass is 35.5. The number of pyridine rings is 1. The third-order valence-electron chi connectivity index (χ3n) is 3.79. The molecule has 0 saturated heterocycles. The molecule has 112 valence electrons. The van der Waals surface area contributed by atoms with Gasteiger partial charge in [-0.2, -0.15) is 0 Å². The lowest BCUT2D eigenvalue weighted by molar-refractivity contribution is 0.782. The van der Waals surface area contributed by atoms with Gasteiger partial charge in [-0.1, -0.05) is 44.4 Å². The number of benzene rings is 1. The topological polar surface area (TPSA) is 12.9 Å².